The highest BCUT2D eigenvalue weighted by Gasteiger charge is 2.45. The Morgan fingerprint density at radius 2 is 1.84 bits per heavy atom. The third-order valence-corrected chi connectivity index (χ3v) is 5.19. The van der Waals surface area contributed by atoms with E-state index < -0.39 is 26.0 Å². The van der Waals surface area contributed by atoms with E-state index in [1.54, 1.807) is 0 Å². The van der Waals surface area contributed by atoms with E-state index in [4.69, 9.17) is 5.11 Å². The van der Waals surface area contributed by atoms with Gasteiger partial charge in [0, 0.05) is 12.1 Å². The number of aliphatic carboxylic acids is 1. The second kappa shape index (κ2) is 4.61. The second-order valence-electron chi connectivity index (χ2n) is 4.39. The van der Waals surface area contributed by atoms with Gasteiger partial charge in [0.1, 0.15) is 0 Å². The first-order valence-electron chi connectivity index (χ1n) is 5.55. The first-order chi connectivity index (χ1) is 8.84. The normalized spacial score (nSPS) is 16.8. The number of carboxylic acid groups (broad SMARTS) is 1. The van der Waals surface area contributed by atoms with E-state index in [9.17, 15) is 23.3 Å². The van der Waals surface area contributed by atoms with Gasteiger partial charge in [-0.25, -0.2) is 8.42 Å². The number of nitrogens with zero attached hydrogens (tertiary/aromatic N) is 1. The summed E-state index contributed by atoms with van der Waals surface area (Å²) in [4.78, 5) is 20.7. The lowest BCUT2D eigenvalue weighted by Crippen LogP contribution is -2.32. The van der Waals surface area contributed by atoms with Gasteiger partial charge >= 0.3 is 5.97 Å². The Labute approximate surface area is 108 Å². The predicted octanol–water partition coefficient (Wildman–Crippen LogP) is 1.23. The number of rotatable bonds is 5. The minimum atomic E-state index is -4.00. The van der Waals surface area contributed by atoms with Crippen LogP contribution in [0.4, 0.5) is 5.69 Å². The molecule has 1 aliphatic carbocycles. The Morgan fingerprint density at radius 3 is 2.21 bits per heavy atom. The van der Waals surface area contributed by atoms with Crippen LogP contribution in [0.3, 0.4) is 0 Å². The molecule has 1 unspecified atom stereocenters. The van der Waals surface area contributed by atoms with Crippen molar-refractivity contribution in [3.8, 4) is 0 Å². The van der Waals surface area contributed by atoms with Crippen molar-refractivity contribution in [3.63, 3.8) is 0 Å². The van der Waals surface area contributed by atoms with Crippen molar-refractivity contribution in [2.45, 2.75) is 23.0 Å². The molecule has 0 saturated heterocycles. The monoisotopic (exact) mass is 285 g/mol. The highest BCUT2D eigenvalue weighted by molar-refractivity contribution is 7.92. The van der Waals surface area contributed by atoms with Gasteiger partial charge in [0.05, 0.1) is 9.82 Å². The van der Waals surface area contributed by atoms with Crippen molar-refractivity contribution in [2.75, 3.05) is 0 Å². The van der Waals surface area contributed by atoms with E-state index in [-0.39, 0.29) is 16.5 Å². The molecule has 1 atom stereocenters. The molecule has 1 aromatic carbocycles. The molecule has 0 bridgehead atoms. The van der Waals surface area contributed by atoms with Crippen LogP contribution >= 0.6 is 0 Å². The summed E-state index contributed by atoms with van der Waals surface area (Å²) in [5.74, 6) is -1.74. The Kier molecular flexibility index (Phi) is 3.27. The first kappa shape index (κ1) is 13.5. The van der Waals surface area contributed by atoms with Gasteiger partial charge in [-0.05, 0) is 30.9 Å². The molecule has 0 heterocycles. The molecule has 102 valence electrons. The maximum absolute atomic E-state index is 12.2. The predicted molar refractivity (Wildman–Crippen MR) is 64.4 cm³/mol. The summed E-state index contributed by atoms with van der Waals surface area (Å²) in [7, 11) is -4.00. The van der Waals surface area contributed by atoms with Crippen molar-refractivity contribution in [1.29, 1.82) is 0 Å². The number of sulfone groups is 1. The molecule has 0 amide bonds. The molecule has 1 aromatic rings. The lowest BCUT2D eigenvalue weighted by atomic mass is 10.3. The number of carboxylic acids is 1. The summed E-state index contributed by atoms with van der Waals surface area (Å²) in [6.07, 6.45) is 1.15. The molecule has 1 saturated carbocycles. The molecule has 1 aliphatic rings. The van der Waals surface area contributed by atoms with Crippen molar-refractivity contribution in [2.24, 2.45) is 5.92 Å². The molecule has 7 nitrogen and oxygen atoms in total. The van der Waals surface area contributed by atoms with Crippen molar-refractivity contribution in [1.82, 2.24) is 0 Å². The molecule has 1 N–H and O–H groups in total. The van der Waals surface area contributed by atoms with Gasteiger partial charge < -0.3 is 5.11 Å². The molecule has 0 aromatic heterocycles. The molecule has 0 aliphatic heterocycles. The van der Waals surface area contributed by atoms with Crippen LogP contribution in [0.25, 0.3) is 0 Å². The van der Waals surface area contributed by atoms with Gasteiger partial charge in [-0.2, -0.15) is 0 Å². The van der Waals surface area contributed by atoms with Gasteiger partial charge in [-0.15, -0.1) is 0 Å². The maximum atomic E-state index is 12.2. The van der Waals surface area contributed by atoms with E-state index in [2.05, 4.69) is 0 Å². The number of benzene rings is 1. The maximum Gasteiger partial charge on any atom is 0.322 e. The average molecular weight is 285 g/mol. The SMILES string of the molecule is O=C(O)C(C1CC1)S(=O)(=O)c1ccc([N+](=O)[O-])cc1. The van der Waals surface area contributed by atoms with Gasteiger partial charge in [0.25, 0.3) is 5.69 Å². The smallest absolute Gasteiger partial charge is 0.322 e. The fourth-order valence-corrected chi connectivity index (χ4v) is 3.74. The molecule has 0 radical (unpaired) electrons. The van der Waals surface area contributed by atoms with Crippen LogP contribution in [0, 0.1) is 16.0 Å². The fraction of sp³-hybridized carbons (Fsp3) is 0.364. The van der Waals surface area contributed by atoms with Crippen LogP contribution in [0.15, 0.2) is 29.2 Å². The first-order valence-corrected chi connectivity index (χ1v) is 7.10. The molecule has 1 fully saturated rings. The number of nitro benzene ring substituents is 1. The topological polar surface area (TPSA) is 115 Å². The highest BCUT2D eigenvalue weighted by Crippen LogP contribution is 2.38. The Hall–Kier alpha value is -1.96. The number of hydrogen-bond donors (Lipinski definition) is 1. The summed E-state index contributed by atoms with van der Waals surface area (Å²) in [5.41, 5.74) is -0.239. The average Bonchev–Trinajstić information content (AvgIpc) is 3.12. The quantitative estimate of drug-likeness (QED) is 0.642. The van der Waals surface area contributed by atoms with Crippen LogP contribution in [0.2, 0.25) is 0 Å². The van der Waals surface area contributed by atoms with Gasteiger partial charge in [-0.3, -0.25) is 14.9 Å². The van der Waals surface area contributed by atoms with Crippen LogP contribution in [0.5, 0.6) is 0 Å². The molecular weight excluding hydrogens is 274 g/mol. The molecule has 8 heteroatoms. The highest BCUT2D eigenvalue weighted by atomic mass is 32.2. The van der Waals surface area contributed by atoms with E-state index in [1.165, 1.54) is 0 Å². The molecule has 19 heavy (non-hydrogen) atoms. The number of carbonyl (C=O) groups is 1. The Morgan fingerprint density at radius 1 is 1.32 bits per heavy atom. The van der Waals surface area contributed by atoms with Gasteiger partial charge in [0.15, 0.2) is 15.1 Å². The minimum Gasteiger partial charge on any atom is -0.480 e. The second-order valence-corrected chi connectivity index (χ2v) is 6.46. The van der Waals surface area contributed by atoms with Gasteiger partial charge in [-0.1, -0.05) is 0 Å². The van der Waals surface area contributed by atoms with Crippen molar-refractivity contribution >= 4 is 21.5 Å². The number of nitro groups is 1. The largest absolute Gasteiger partial charge is 0.480 e. The number of hydrogen-bond acceptors (Lipinski definition) is 5. The lowest BCUT2D eigenvalue weighted by Gasteiger charge is -2.12. The van der Waals surface area contributed by atoms with E-state index in [1.807, 2.05) is 0 Å². The van der Waals surface area contributed by atoms with E-state index in [0.717, 1.165) is 24.3 Å². The summed E-state index contributed by atoms with van der Waals surface area (Å²) in [5, 5.41) is 18.1. The Balaban J connectivity index is 2.38. The summed E-state index contributed by atoms with van der Waals surface area (Å²) >= 11 is 0. The van der Waals surface area contributed by atoms with Crippen LogP contribution in [-0.2, 0) is 14.6 Å². The zero-order valence-electron chi connectivity index (χ0n) is 9.72. The summed E-state index contributed by atoms with van der Waals surface area (Å²) in [6, 6.07) is 4.26. The molecule has 0 spiro atoms. The standard InChI is InChI=1S/C11H11NO6S/c13-11(14)10(7-1-2-7)19(17,18)9-5-3-8(4-6-9)12(15)16/h3-7,10H,1-2H2,(H,13,14). The van der Waals surface area contributed by atoms with Gasteiger partial charge in [0.2, 0.25) is 0 Å². The molecular formula is C11H11NO6S. The van der Waals surface area contributed by atoms with Crippen molar-refractivity contribution in [3.05, 3.63) is 34.4 Å². The summed E-state index contributed by atoms with van der Waals surface area (Å²) < 4.78 is 24.4. The Bertz CT molecular complexity index is 617. The summed E-state index contributed by atoms with van der Waals surface area (Å²) in [6.45, 7) is 0. The lowest BCUT2D eigenvalue weighted by molar-refractivity contribution is -0.384. The van der Waals surface area contributed by atoms with E-state index >= 15 is 0 Å². The molecule has 2 rings (SSSR count). The van der Waals surface area contributed by atoms with E-state index in [0.29, 0.717) is 12.8 Å². The zero-order valence-corrected chi connectivity index (χ0v) is 10.5. The van der Waals surface area contributed by atoms with Crippen LogP contribution in [0.1, 0.15) is 12.8 Å². The van der Waals surface area contributed by atoms with Crippen LogP contribution in [-0.4, -0.2) is 29.7 Å². The van der Waals surface area contributed by atoms with Crippen LogP contribution < -0.4 is 0 Å². The number of non-ortho nitro benzene ring substituents is 1. The fourth-order valence-electron chi connectivity index (χ4n) is 1.89. The third-order valence-electron chi connectivity index (χ3n) is 3.00. The van der Waals surface area contributed by atoms with Crippen molar-refractivity contribution < 1.29 is 23.2 Å². The third kappa shape index (κ3) is 2.58. The minimum absolute atomic E-state index is 0.197. The zero-order chi connectivity index (χ0) is 14.2.